The summed E-state index contributed by atoms with van der Waals surface area (Å²) in [6.07, 6.45) is 3.58. The molecule has 0 saturated heterocycles. The van der Waals surface area contributed by atoms with Crippen LogP contribution in [0.25, 0.3) is 0 Å². The predicted octanol–water partition coefficient (Wildman–Crippen LogP) is 2.60. The van der Waals surface area contributed by atoms with Gasteiger partial charge in [-0.1, -0.05) is 20.8 Å². The molecule has 0 aliphatic heterocycles. The molecule has 3 nitrogen and oxygen atoms in total. The van der Waals surface area contributed by atoms with E-state index in [0.717, 1.165) is 24.6 Å². The number of aryl methyl sites for hydroxylation is 1. The monoisotopic (exact) mass is 207 g/mol. The molecule has 1 atom stereocenters. The van der Waals surface area contributed by atoms with Gasteiger partial charge < -0.3 is 5.32 Å². The Kier molecular flexibility index (Phi) is 2.49. The molecule has 1 aromatic heterocycles. The van der Waals surface area contributed by atoms with Crippen LogP contribution in [0.2, 0.25) is 0 Å². The molecular formula is C12H21N3. The molecular weight excluding hydrogens is 186 g/mol. The van der Waals surface area contributed by atoms with Gasteiger partial charge in [-0.2, -0.15) is 5.10 Å². The molecule has 1 aliphatic rings. The van der Waals surface area contributed by atoms with Crippen molar-refractivity contribution in [2.24, 2.45) is 11.3 Å². The van der Waals surface area contributed by atoms with Crippen molar-refractivity contribution < 1.29 is 0 Å². The van der Waals surface area contributed by atoms with Crippen LogP contribution in [0, 0.1) is 11.3 Å². The average Bonchev–Trinajstić information content (AvgIpc) is 2.57. The van der Waals surface area contributed by atoms with E-state index in [1.165, 1.54) is 17.7 Å². The third kappa shape index (κ3) is 1.87. The number of hydrogen-bond acceptors (Lipinski definition) is 2. The Hall–Kier alpha value is -0.990. The second-order valence-corrected chi connectivity index (χ2v) is 5.59. The highest BCUT2D eigenvalue weighted by Crippen LogP contribution is 2.38. The first-order chi connectivity index (χ1) is 7.02. The van der Waals surface area contributed by atoms with Crippen molar-refractivity contribution in [2.45, 2.75) is 40.0 Å². The smallest absolute Gasteiger partial charge is 0.151 e. The summed E-state index contributed by atoms with van der Waals surface area (Å²) in [5.41, 5.74) is 3.14. The first-order valence-electron chi connectivity index (χ1n) is 5.76. The van der Waals surface area contributed by atoms with Gasteiger partial charge in [-0.05, 0) is 30.6 Å². The normalized spacial score (nSPS) is 21.2. The molecule has 1 unspecified atom stereocenters. The highest BCUT2D eigenvalue weighted by atomic mass is 15.2. The zero-order valence-electron chi connectivity index (χ0n) is 10.1. The van der Waals surface area contributed by atoms with E-state index in [1.54, 1.807) is 0 Å². The van der Waals surface area contributed by atoms with Gasteiger partial charge in [0.15, 0.2) is 5.82 Å². The minimum atomic E-state index is 0.403. The molecule has 2 rings (SSSR count). The summed E-state index contributed by atoms with van der Waals surface area (Å²) >= 11 is 0. The Morgan fingerprint density at radius 3 is 2.73 bits per heavy atom. The van der Waals surface area contributed by atoms with E-state index in [2.05, 4.69) is 36.3 Å². The molecule has 0 saturated carbocycles. The summed E-state index contributed by atoms with van der Waals surface area (Å²) in [6.45, 7) is 7.01. The zero-order chi connectivity index (χ0) is 11.1. The van der Waals surface area contributed by atoms with Gasteiger partial charge in [-0.15, -0.1) is 0 Å². The fourth-order valence-electron chi connectivity index (χ4n) is 2.44. The Labute approximate surface area is 91.7 Å². The molecule has 15 heavy (non-hydrogen) atoms. The standard InChI is InChI=1S/C12H21N3/c1-12(2,3)8-5-6-10-9(7-8)11(13-4)15-14-10/h8H,5-7H2,1-4H3,(H2,13,14,15). The van der Waals surface area contributed by atoms with Gasteiger partial charge in [0.2, 0.25) is 0 Å². The van der Waals surface area contributed by atoms with Gasteiger partial charge in [0.05, 0.1) is 0 Å². The second kappa shape index (κ2) is 3.54. The van der Waals surface area contributed by atoms with Crippen LogP contribution in [-0.2, 0) is 12.8 Å². The molecule has 1 aliphatic carbocycles. The Morgan fingerprint density at radius 2 is 2.13 bits per heavy atom. The molecule has 0 radical (unpaired) electrons. The van der Waals surface area contributed by atoms with Crippen LogP contribution < -0.4 is 5.32 Å². The number of nitrogens with one attached hydrogen (secondary N) is 2. The first-order valence-corrected chi connectivity index (χ1v) is 5.76. The van der Waals surface area contributed by atoms with Crippen molar-refractivity contribution in [3.63, 3.8) is 0 Å². The lowest BCUT2D eigenvalue weighted by molar-refractivity contribution is 0.216. The van der Waals surface area contributed by atoms with E-state index in [-0.39, 0.29) is 0 Å². The third-order valence-electron chi connectivity index (χ3n) is 3.61. The van der Waals surface area contributed by atoms with Crippen molar-refractivity contribution in [3.8, 4) is 0 Å². The number of aromatic amines is 1. The maximum absolute atomic E-state index is 4.30. The number of H-pyrrole nitrogens is 1. The molecule has 0 aromatic carbocycles. The lowest BCUT2D eigenvalue weighted by Gasteiger charge is -2.33. The minimum absolute atomic E-state index is 0.403. The quantitative estimate of drug-likeness (QED) is 0.743. The van der Waals surface area contributed by atoms with E-state index < -0.39 is 0 Å². The topological polar surface area (TPSA) is 40.7 Å². The molecule has 0 spiro atoms. The van der Waals surface area contributed by atoms with Crippen LogP contribution in [0.3, 0.4) is 0 Å². The number of anilines is 1. The molecule has 3 heteroatoms. The van der Waals surface area contributed by atoms with Crippen molar-refractivity contribution in [1.82, 2.24) is 10.2 Å². The summed E-state index contributed by atoms with van der Waals surface area (Å²) in [6, 6.07) is 0. The van der Waals surface area contributed by atoms with E-state index in [9.17, 15) is 0 Å². The molecule has 2 N–H and O–H groups in total. The molecule has 1 heterocycles. The largest absolute Gasteiger partial charge is 0.371 e. The van der Waals surface area contributed by atoms with Gasteiger partial charge in [-0.25, -0.2) is 0 Å². The average molecular weight is 207 g/mol. The zero-order valence-corrected chi connectivity index (χ0v) is 10.1. The molecule has 84 valence electrons. The number of nitrogens with zero attached hydrogens (tertiary/aromatic N) is 1. The van der Waals surface area contributed by atoms with Crippen molar-refractivity contribution in [1.29, 1.82) is 0 Å². The lowest BCUT2D eigenvalue weighted by Crippen LogP contribution is -2.26. The fraction of sp³-hybridized carbons (Fsp3) is 0.750. The maximum atomic E-state index is 4.30. The Morgan fingerprint density at radius 1 is 1.40 bits per heavy atom. The van der Waals surface area contributed by atoms with Crippen LogP contribution in [0.1, 0.15) is 38.4 Å². The predicted molar refractivity (Wildman–Crippen MR) is 63.1 cm³/mol. The molecule has 0 fully saturated rings. The Balaban J connectivity index is 2.25. The SMILES string of the molecule is CNc1n[nH]c2c1CC(C(C)(C)C)CC2. The van der Waals surface area contributed by atoms with Gasteiger partial charge in [0.25, 0.3) is 0 Å². The molecule has 1 aromatic rings. The lowest BCUT2D eigenvalue weighted by atomic mass is 9.72. The highest BCUT2D eigenvalue weighted by Gasteiger charge is 2.30. The summed E-state index contributed by atoms with van der Waals surface area (Å²) in [5, 5.41) is 10.6. The Bertz CT molecular complexity index is 333. The highest BCUT2D eigenvalue weighted by molar-refractivity contribution is 5.47. The fourth-order valence-corrected chi connectivity index (χ4v) is 2.44. The van der Waals surface area contributed by atoms with Crippen LogP contribution >= 0.6 is 0 Å². The minimum Gasteiger partial charge on any atom is -0.371 e. The summed E-state index contributed by atoms with van der Waals surface area (Å²) in [4.78, 5) is 0. The summed E-state index contributed by atoms with van der Waals surface area (Å²) < 4.78 is 0. The van der Waals surface area contributed by atoms with E-state index >= 15 is 0 Å². The second-order valence-electron chi connectivity index (χ2n) is 5.59. The van der Waals surface area contributed by atoms with Gasteiger partial charge in [-0.3, -0.25) is 5.10 Å². The number of aromatic nitrogens is 2. The van der Waals surface area contributed by atoms with Crippen LogP contribution in [-0.4, -0.2) is 17.2 Å². The maximum Gasteiger partial charge on any atom is 0.151 e. The third-order valence-corrected chi connectivity index (χ3v) is 3.61. The molecule has 0 bridgehead atoms. The van der Waals surface area contributed by atoms with E-state index in [4.69, 9.17) is 0 Å². The van der Waals surface area contributed by atoms with Crippen LogP contribution in [0.4, 0.5) is 5.82 Å². The summed E-state index contributed by atoms with van der Waals surface area (Å²) in [7, 11) is 1.94. The van der Waals surface area contributed by atoms with Crippen molar-refractivity contribution in [2.75, 3.05) is 12.4 Å². The van der Waals surface area contributed by atoms with Crippen molar-refractivity contribution in [3.05, 3.63) is 11.3 Å². The van der Waals surface area contributed by atoms with Crippen molar-refractivity contribution >= 4 is 5.82 Å². The summed E-state index contributed by atoms with van der Waals surface area (Å²) in [5.74, 6) is 1.81. The first kappa shape index (κ1) is 10.5. The molecule has 0 amide bonds. The van der Waals surface area contributed by atoms with Crippen LogP contribution in [0.5, 0.6) is 0 Å². The van der Waals surface area contributed by atoms with E-state index in [0.29, 0.717) is 5.41 Å². The van der Waals surface area contributed by atoms with Gasteiger partial charge >= 0.3 is 0 Å². The van der Waals surface area contributed by atoms with Gasteiger partial charge in [0, 0.05) is 18.3 Å². The van der Waals surface area contributed by atoms with Gasteiger partial charge in [0.1, 0.15) is 0 Å². The van der Waals surface area contributed by atoms with Crippen LogP contribution in [0.15, 0.2) is 0 Å². The number of rotatable bonds is 1. The number of hydrogen-bond donors (Lipinski definition) is 2. The number of fused-ring (bicyclic) bond motifs is 1. The van der Waals surface area contributed by atoms with E-state index in [1.807, 2.05) is 7.05 Å².